The van der Waals surface area contributed by atoms with Crippen molar-refractivity contribution in [2.75, 3.05) is 13.1 Å². The van der Waals surface area contributed by atoms with Gasteiger partial charge in [0.2, 0.25) is 5.91 Å². The lowest BCUT2D eigenvalue weighted by Crippen LogP contribution is -2.36. The van der Waals surface area contributed by atoms with Crippen LogP contribution in [0.1, 0.15) is 65.7 Å². The van der Waals surface area contributed by atoms with Gasteiger partial charge in [0.15, 0.2) is 0 Å². The van der Waals surface area contributed by atoms with Crippen molar-refractivity contribution in [3.8, 4) is 0 Å². The molecule has 0 aromatic rings. The van der Waals surface area contributed by atoms with Crippen LogP contribution in [0.3, 0.4) is 0 Å². The minimum absolute atomic E-state index is 0.283. The summed E-state index contributed by atoms with van der Waals surface area (Å²) in [7, 11) is 0. The highest BCUT2D eigenvalue weighted by Gasteiger charge is 2.36. The van der Waals surface area contributed by atoms with Crippen LogP contribution in [0.4, 0.5) is 0 Å². The molecule has 1 amide bonds. The molecule has 1 saturated carbocycles. The first-order valence-electron chi connectivity index (χ1n) is 9.25. The zero-order valence-electron chi connectivity index (χ0n) is 14.5. The van der Waals surface area contributed by atoms with Gasteiger partial charge in [-0.1, -0.05) is 24.1 Å². The number of fused-ring (bicyclic) bond motifs is 1. The third-order valence-corrected chi connectivity index (χ3v) is 6.17. The van der Waals surface area contributed by atoms with E-state index in [4.69, 9.17) is 0 Å². The van der Waals surface area contributed by atoms with E-state index in [0.29, 0.717) is 5.92 Å². The van der Waals surface area contributed by atoms with E-state index >= 15 is 0 Å². The number of amides is 1. The Labute approximate surface area is 135 Å². The van der Waals surface area contributed by atoms with E-state index < -0.39 is 0 Å². The molecule has 3 rings (SSSR count). The fourth-order valence-electron chi connectivity index (χ4n) is 4.86. The van der Waals surface area contributed by atoms with Crippen molar-refractivity contribution in [3.63, 3.8) is 0 Å². The maximum atomic E-state index is 12.7. The normalized spacial score (nSPS) is 33.1. The van der Waals surface area contributed by atoms with Crippen LogP contribution < -0.4 is 0 Å². The van der Waals surface area contributed by atoms with Gasteiger partial charge in [-0.15, -0.1) is 0 Å². The molecule has 0 spiro atoms. The van der Waals surface area contributed by atoms with Crippen molar-refractivity contribution in [2.24, 2.45) is 17.8 Å². The molecule has 2 aliphatic carbocycles. The van der Waals surface area contributed by atoms with Crippen molar-refractivity contribution in [3.05, 3.63) is 22.8 Å². The smallest absolute Gasteiger partial charge is 0.249 e. The summed E-state index contributed by atoms with van der Waals surface area (Å²) in [5.41, 5.74) is 4.27. The summed E-state index contributed by atoms with van der Waals surface area (Å²) in [6, 6.07) is 0. The number of allylic oxidation sites excluding steroid dienone is 3. The van der Waals surface area contributed by atoms with E-state index in [1.807, 2.05) is 6.92 Å². The van der Waals surface area contributed by atoms with Crippen LogP contribution in [0, 0.1) is 17.8 Å². The zero-order chi connectivity index (χ0) is 15.7. The van der Waals surface area contributed by atoms with Gasteiger partial charge in [-0.2, -0.15) is 0 Å². The van der Waals surface area contributed by atoms with Crippen molar-refractivity contribution >= 4 is 5.91 Å². The van der Waals surface area contributed by atoms with Gasteiger partial charge in [0.1, 0.15) is 0 Å². The molecule has 1 aliphatic heterocycles. The summed E-state index contributed by atoms with van der Waals surface area (Å²) in [4.78, 5) is 14.7. The van der Waals surface area contributed by atoms with Crippen LogP contribution in [0.25, 0.3) is 0 Å². The second-order valence-electron chi connectivity index (χ2n) is 7.74. The highest BCUT2D eigenvalue weighted by Crippen LogP contribution is 2.48. The first-order valence-corrected chi connectivity index (χ1v) is 9.25. The zero-order valence-corrected chi connectivity index (χ0v) is 14.5. The van der Waals surface area contributed by atoms with Gasteiger partial charge < -0.3 is 4.90 Å². The molecule has 122 valence electrons. The van der Waals surface area contributed by atoms with Crippen LogP contribution >= 0.6 is 0 Å². The first kappa shape index (κ1) is 15.8. The molecule has 1 saturated heterocycles. The van der Waals surface area contributed by atoms with E-state index in [1.165, 1.54) is 44.9 Å². The van der Waals surface area contributed by atoms with Gasteiger partial charge in [-0.25, -0.2) is 0 Å². The molecule has 22 heavy (non-hydrogen) atoms. The number of carbonyl (C=O) groups is 1. The Morgan fingerprint density at radius 1 is 1.14 bits per heavy atom. The molecule has 1 heterocycles. The van der Waals surface area contributed by atoms with E-state index in [9.17, 15) is 4.79 Å². The van der Waals surface area contributed by atoms with Gasteiger partial charge in [0.05, 0.1) is 0 Å². The molecule has 2 heteroatoms. The van der Waals surface area contributed by atoms with E-state index in [0.717, 1.165) is 30.5 Å². The second-order valence-corrected chi connectivity index (χ2v) is 7.74. The number of nitrogens with zero attached hydrogens (tertiary/aromatic N) is 1. The Morgan fingerprint density at radius 3 is 2.59 bits per heavy atom. The van der Waals surface area contributed by atoms with Gasteiger partial charge in [0.25, 0.3) is 0 Å². The van der Waals surface area contributed by atoms with Crippen molar-refractivity contribution in [1.82, 2.24) is 4.90 Å². The van der Waals surface area contributed by atoms with Crippen LogP contribution in [0.15, 0.2) is 22.8 Å². The third-order valence-electron chi connectivity index (χ3n) is 6.17. The molecule has 0 unspecified atom stereocenters. The number of hydrogen-bond donors (Lipinski definition) is 0. The van der Waals surface area contributed by atoms with E-state index in [1.54, 1.807) is 11.1 Å². The Morgan fingerprint density at radius 2 is 1.86 bits per heavy atom. The Balaban J connectivity index is 1.75. The number of carbonyl (C=O) groups excluding carboxylic acids is 1. The van der Waals surface area contributed by atoms with E-state index in [2.05, 4.69) is 24.8 Å². The number of rotatable bonds is 2. The van der Waals surface area contributed by atoms with Crippen molar-refractivity contribution < 1.29 is 4.79 Å². The van der Waals surface area contributed by atoms with Gasteiger partial charge >= 0.3 is 0 Å². The molecule has 3 aliphatic rings. The SMILES string of the molecule is CC(=C[C@@H]1CC[C@@H](C)[C@H]2CCC(C)=C12)C(=O)N1CCCCC1. The highest BCUT2D eigenvalue weighted by atomic mass is 16.2. The molecule has 3 atom stereocenters. The standard InChI is InChI=1S/C20H31NO/c1-14-7-9-17(19-15(2)8-10-18(14)19)13-16(3)20(22)21-11-5-4-6-12-21/h13-14,17-18H,4-12H2,1-3H3/t14-,17+,18-/m1/s1. The van der Waals surface area contributed by atoms with Crippen LogP contribution in [-0.2, 0) is 4.79 Å². The molecule has 0 aromatic heterocycles. The van der Waals surface area contributed by atoms with E-state index in [-0.39, 0.29) is 5.91 Å². The average Bonchev–Trinajstić information content (AvgIpc) is 2.93. The molecule has 0 N–H and O–H groups in total. The lowest BCUT2D eigenvalue weighted by Gasteiger charge is -2.34. The maximum Gasteiger partial charge on any atom is 0.249 e. The average molecular weight is 301 g/mol. The summed E-state index contributed by atoms with van der Waals surface area (Å²) in [5.74, 6) is 2.42. The minimum Gasteiger partial charge on any atom is -0.339 e. The fourth-order valence-corrected chi connectivity index (χ4v) is 4.86. The third kappa shape index (κ3) is 3.02. The lowest BCUT2D eigenvalue weighted by molar-refractivity contribution is -0.127. The van der Waals surface area contributed by atoms with Gasteiger partial charge in [-0.05, 0) is 76.5 Å². The number of hydrogen-bond acceptors (Lipinski definition) is 1. The van der Waals surface area contributed by atoms with Crippen LogP contribution in [0.5, 0.6) is 0 Å². The quantitative estimate of drug-likeness (QED) is 0.534. The monoisotopic (exact) mass is 301 g/mol. The van der Waals surface area contributed by atoms with Crippen LogP contribution in [-0.4, -0.2) is 23.9 Å². The largest absolute Gasteiger partial charge is 0.339 e. The predicted octanol–water partition coefficient (Wildman–Crippen LogP) is 4.72. The Hall–Kier alpha value is -1.05. The topological polar surface area (TPSA) is 20.3 Å². The Bertz CT molecular complexity index is 496. The fraction of sp³-hybridized carbons (Fsp3) is 0.750. The molecular formula is C20H31NO. The molecule has 2 fully saturated rings. The second kappa shape index (κ2) is 6.60. The molecule has 0 bridgehead atoms. The predicted molar refractivity (Wildman–Crippen MR) is 91.5 cm³/mol. The number of likely N-dealkylation sites (tertiary alicyclic amines) is 1. The maximum absolute atomic E-state index is 12.7. The molecule has 2 nitrogen and oxygen atoms in total. The Kier molecular flexibility index (Phi) is 4.75. The summed E-state index contributed by atoms with van der Waals surface area (Å²) in [6.07, 6.45) is 11.1. The van der Waals surface area contributed by atoms with Crippen molar-refractivity contribution in [1.29, 1.82) is 0 Å². The van der Waals surface area contributed by atoms with Crippen molar-refractivity contribution in [2.45, 2.75) is 65.7 Å². The highest BCUT2D eigenvalue weighted by molar-refractivity contribution is 5.93. The molecule has 0 radical (unpaired) electrons. The first-order chi connectivity index (χ1) is 10.6. The lowest BCUT2D eigenvalue weighted by atomic mass is 9.71. The summed E-state index contributed by atoms with van der Waals surface area (Å²) in [6.45, 7) is 8.67. The number of piperidine rings is 1. The minimum atomic E-state index is 0.283. The summed E-state index contributed by atoms with van der Waals surface area (Å²) >= 11 is 0. The van der Waals surface area contributed by atoms with Gasteiger partial charge in [0, 0.05) is 18.7 Å². The molecule has 0 aromatic carbocycles. The summed E-state index contributed by atoms with van der Waals surface area (Å²) < 4.78 is 0. The molecular weight excluding hydrogens is 270 g/mol. The summed E-state index contributed by atoms with van der Waals surface area (Å²) in [5, 5.41) is 0. The van der Waals surface area contributed by atoms with Gasteiger partial charge in [-0.3, -0.25) is 4.79 Å². The van der Waals surface area contributed by atoms with Crippen LogP contribution in [0.2, 0.25) is 0 Å².